The molecule has 12 heteroatoms. The van der Waals surface area contributed by atoms with Gasteiger partial charge < -0.3 is 34.3 Å². The van der Waals surface area contributed by atoms with E-state index in [0.717, 1.165) is 41.8 Å². The highest BCUT2D eigenvalue weighted by molar-refractivity contribution is 7.98. The average Bonchev–Trinajstić information content (AvgIpc) is 3.43. The number of H-pyrrole nitrogens is 1. The molecule has 3 aromatic rings. The first kappa shape index (κ1) is 34.3. The van der Waals surface area contributed by atoms with Gasteiger partial charge in [-0.1, -0.05) is 0 Å². The molecular formula is C36H48N6O5S. The molecule has 0 radical (unpaired) electrons. The third-order valence-corrected chi connectivity index (χ3v) is 10.8. The number of aromatic amines is 1. The maximum atomic E-state index is 13.9. The van der Waals surface area contributed by atoms with E-state index in [9.17, 15) is 9.59 Å². The van der Waals surface area contributed by atoms with Crippen molar-refractivity contribution in [3.05, 3.63) is 57.3 Å². The summed E-state index contributed by atoms with van der Waals surface area (Å²) < 4.78 is 19.4. The van der Waals surface area contributed by atoms with Gasteiger partial charge >= 0.3 is 0 Å². The van der Waals surface area contributed by atoms with Crippen LogP contribution in [-0.2, 0) is 11.3 Å². The minimum atomic E-state index is -0.877. The van der Waals surface area contributed by atoms with Crippen LogP contribution >= 0.6 is 11.8 Å². The number of nitrogens with one attached hydrogen (secondary N) is 2. The molecule has 3 atom stereocenters. The number of fused-ring (bicyclic) bond motifs is 1. The van der Waals surface area contributed by atoms with Crippen molar-refractivity contribution in [3.63, 3.8) is 0 Å². The summed E-state index contributed by atoms with van der Waals surface area (Å²) in [5.74, 6) is 0.806. The van der Waals surface area contributed by atoms with Crippen molar-refractivity contribution in [1.29, 1.82) is 0 Å². The van der Waals surface area contributed by atoms with Crippen molar-refractivity contribution < 1.29 is 19.0 Å². The molecule has 3 aliphatic rings. The molecule has 48 heavy (non-hydrogen) atoms. The van der Waals surface area contributed by atoms with Crippen molar-refractivity contribution in [2.45, 2.75) is 95.8 Å². The van der Waals surface area contributed by atoms with Crippen molar-refractivity contribution in [2.75, 3.05) is 38.3 Å². The Morgan fingerprint density at radius 3 is 2.33 bits per heavy atom. The number of benzene rings is 1. The first-order valence-corrected chi connectivity index (χ1v) is 18.1. The van der Waals surface area contributed by atoms with Crippen molar-refractivity contribution in [2.24, 2.45) is 5.92 Å². The van der Waals surface area contributed by atoms with Crippen LogP contribution in [0.4, 0.5) is 5.95 Å². The van der Waals surface area contributed by atoms with Gasteiger partial charge in [-0.25, -0.2) is 9.97 Å². The number of amides is 1. The molecule has 0 spiro atoms. The fourth-order valence-electron chi connectivity index (χ4n) is 7.38. The molecule has 1 amide bonds. The van der Waals surface area contributed by atoms with Gasteiger partial charge in [-0.05, 0) is 85.9 Å². The van der Waals surface area contributed by atoms with Crippen molar-refractivity contribution in [3.8, 4) is 22.6 Å². The number of carbonyl (C=O) groups excluding carboxylic acids is 1. The molecule has 1 aliphatic carbocycles. The van der Waals surface area contributed by atoms with Crippen LogP contribution in [0, 0.1) is 19.8 Å². The van der Waals surface area contributed by atoms with E-state index in [4.69, 9.17) is 24.2 Å². The van der Waals surface area contributed by atoms with Crippen LogP contribution in [0.15, 0.2) is 34.2 Å². The fourth-order valence-corrected chi connectivity index (χ4v) is 8.09. The van der Waals surface area contributed by atoms with E-state index in [1.165, 1.54) is 11.8 Å². The molecule has 1 saturated carbocycles. The number of thioether (sulfide) groups is 1. The van der Waals surface area contributed by atoms with Crippen molar-refractivity contribution in [1.82, 2.24) is 25.2 Å². The SMILES string of the molecule is CSc1cc(C)[nH]c(=O)c1CNC(=O)c1cc(-c2cnc(N3C[C@@H](C)O[C@@H](C)C3)nc2)c2c(c1C)OC(C)(C1CCC(N(C)C)CC1)O2. The lowest BCUT2D eigenvalue weighted by molar-refractivity contribution is -0.123. The van der Waals surface area contributed by atoms with Crippen LogP contribution in [0.3, 0.4) is 0 Å². The lowest BCUT2D eigenvalue weighted by atomic mass is 9.81. The van der Waals surface area contributed by atoms with E-state index in [1.54, 1.807) is 12.4 Å². The van der Waals surface area contributed by atoms with Crippen LogP contribution in [-0.4, -0.2) is 83.2 Å². The highest BCUT2D eigenvalue weighted by Crippen LogP contribution is 2.52. The molecule has 11 nitrogen and oxygen atoms in total. The molecule has 6 rings (SSSR count). The summed E-state index contributed by atoms with van der Waals surface area (Å²) in [5, 5.41) is 3.00. The lowest BCUT2D eigenvalue weighted by Crippen LogP contribution is -2.46. The van der Waals surface area contributed by atoms with Crippen LogP contribution < -0.4 is 25.2 Å². The Morgan fingerprint density at radius 1 is 1.06 bits per heavy atom. The molecule has 1 unspecified atom stereocenters. The van der Waals surface area contributed by atoms with Crippen molar-refractivity contribution >= 4 is 23.6 Å². The highest BCUT2D eigenvalue weighted by Gasteiger charge is 2.47. The molecule has 258 valence electrons. The van der Waals surface area contributed by atoms with E-state index in [1.807, 2.05) is 39.2 Å². The average molecular weight is 677 g/mol. The number of rotatable bonds is 8. The van der Waals surface area contributed by atoms with Gasteiger partial charge in [0.2, 0.25) is 5.95 Å². The van der Waals surface area contributed by atoms with E-state index < -0.39 is 5.79 Å². The van der Waals surface area contributed by atoms with Gasteiger partial charge in [0.05, 0.1) is 12.2 Å². The number of anilines is 1. The predicted octanol–water partition coefficient (Wildman–Crippen LogP) is 5.32. The van der Waals surface area contributed by atoms with Gasteiger partial charge in [0.15, 0.2) is 11.5 Å². The lowest BCUT2D eigenvalue weighted by Gasteiger charge is -2.39. The van der Waals surface area contributed by atoms with Gasteiger partial charge in [0, 0.05) is 89.3 Å². The second kappa shape index (κ2) is 13.7. The standard InChI is InChI=1S/C36H48N6O5S/c1-20-13-30(48-8)29(34(44)40-20)17-37-33(43)27-14-28(24-15-38-35(39-16-24)42-18-21(2)45-22(3)19-42)32-31(23(27)4)46-36(5,47-32)25-9-11-26(12-10-25)41(6)7/h13-16,21-22,25-26H,9-12,17-19H2,1-8H3,(H,37,43)(H,40,44)/t21-,22+,25?,26?,36?. The molecule has 1 aromatic carbocycles. The number of aromatic nitrogens is 3. The zero-order valence-electron chi connectivity index (χ0n) is 29.3. The first-order chi connectivity index (χ1) is 22.9. The van der Waals surface area contributed by atoms with Gasteiger partial charge in [0.25, 0.3) is 17.3 Å². The summed E-state index contributed by atoms with van der Waals surface area (Å²) in [6.07, 6.45) is 9.76. The third kappa shape index (κ3) is 6.79. The summed E-state index contributed by atoms with van der Waals surface area (Å²) in [6, 6.07) is 4.31. The van der Waals surface area contributed by atoms with Crippen LogP contribution in [0.5, 0.6) is 11.5 Å². The largest absolute Gasteiger partial charge is 0.448 e. The number of pyridine rings is 1. The number of morpholine rings is 1. The summed E-state index contributed by atoms with van der Waals surface area (Å²) in [4.78, 5) is 44.3. The van der Waals surface area contributed by atoms with Gasteiger partial charge in [0.1, 0.15) is 0 Å². The Hall–Kier alpha value is -3.61. The molecule has 1 saturated heterocycles. The molecule has 2 aromatic heterocycles. The Balaban J connectivity index is 1.34. The summed E-state index contributed by atoms with van der Waals surface area (Å²) in [5.41, 5.74) is 3.65. The zero-order chi connectivity index (χ0) is 34.3. The van der Waals surface area contributed by atoms with Gasteiger partial charge in [-0.2, -0.15) is 0 Å². The predicted molar refractivity (Wildman–Crippen MR) is 188 cm³/mol. The second-order valence-corrected chi connectivity index (χ2v) is 14.7. The van der Waals surface area contributed by atoms with E-state index in [2.05, 4.69) is 48.0 Å². The topological polar surface area (TPSA) is 122 Å². The van der Waals surface area contributed by atoms with Crippen LogP contribution in [0.25, 0.3) is 11.1 Å². The molecule has 4 heterocycles. The maximum absolute atomic E-state index is 13.9. The second-order valence-electron chi connectivity index (χ2n) is 13.9. The monoisotopic (exact) mass is 676 g/mol. The minimum Gasteiger partial charge on any atom is -0.448 e. The Kier molecular flexibility index (Phi) is 9.79. The zero-order valence-corrected chi connectivity index (χ0v) is 30.1. The molecular weight excluding hydrogens is 629 g/mol. The van der Waals surface area contributed by atoms with Crippen LogP contribution in [0.2, 0.25) is 0 Å². The van der Waals surface area contributed by atoms with E-state index >= 15 is 0 Å². The van der Waals surface area contributed by atoms with Crippen LogP contribution in [0.1, 0.15) is 73.6 Å². The summed E-state index contributed by atoms with van der Waals surface area (Å²) in [7, 11) is 4.27. The molecule has 0 bridgehead atoms. The molecule has 2 aliphatic heterocycles. The summed E-state index contributed by atoms with van der Waals surface area (Å²) >= 11 is 1.48. The summed E-state index contributed by atoms with van der Waals surface area (Å²) in [6.45, 7) is 11.4. The van der Waals surface area contributed by atoms with Gasteiger partial charge in [-0.3, -0.25) is 9.59 Å². The number of hydrogen-bond donors (Lipinski definition) is 2. The highest BCUT2D eigenvalue weighted by atomic mass is 32.2. The smallest absolute Gasteiger partial charge is 0.254 e. The minimum absolute atomic E-state index is 0.0805. The normalized spacial score (nSPS) is 25.4. The Labute approximate surface area is 287 Å². The Morgan fingerprint density at radius 2 is 1.71 bits per heavy atom. The maximum Gasteiger partial charge on any atom is 0.254 e. The first-order valence-electron chi connectivity index (χ1n) is 16.9. The number of aryl methyl sites for hydroxylation is 1. The molecule has 2 fully saturated rings. The fraction of sp³-hybridized carbons (Fsp3) is 0.556. The molecule has 2 N–H and O–H groups in total. The number of nitrogens with zero attached hydrogens (tertiary/aromatic N) is 4. The van der Waals surface area contributed by atoms with E-state index in [-0.39, 0.29) is 36.1 Å². The number of carbonyl (C=O) groups is 1. The quantitative estimate of drug-likeness (QED) is 0.303. The Bertz CT molecular complexity index is 1710. The van der Waals surface area contributed by atoms with Gasteiger partial charge in [-0.15, -0.1) is 11.8 Å². The number of ether oxygens (including phenoxy) is 3. The van der Waals surface area contributed by atoms with E-state index in [0.29, 0.717) is 58.8 Å². The number of hydrogen-bond acceptors (Lipinski definition) is 10. The third-order valence-electron chi connectivity index (χ3n) is 10.0.